The molecule has 0 amide bonds. The van der Waals surface area contributed by atoms with E-state index in [9.17, 15) is 24.6 Å². The van der Waals surface area contributed by atoms with Crippen molar-refractivity contribution in [2.24, 2.45) is 11.7 Å². The van der Waals surface area contributed by atoms with Crippen molar-refractivity contribution < 1.29 is 29.3 Å². The normalized spacial score (nSPS) is 18.7. The van der Waals surface area contributed by atoms with Gasteiger partial charge < -0.3 is 25.5 Å². The molecule has 0 aromatic heterocycles. The molecule has 0 saturated heterocycles. The quantitative estimate of drug-likeness (QED) is 0.464. The van der Waals surface area contributed by atoms with Crippen molar-refractivity contribution in [2.45, 2.75) is 25.3 Å². The molecular weight excluding hydrogens is 362 g/mol. The number of carbonyl (C=O) groups is 3. The predicted octanol–water partition coefficient (Wildman–Crippen LogP) is 1.51. The zero-order valence-corrected chi connectivity index (χ0v) is 15.2. The van der Waals surface area contributed by atoms with Crippen LogP contribution in [0.5, 0.6) is 17.2 Å². The van der Waals surface area contributed by atoms with E-state index in [2.05, 4.69) is 0 Å². The van der Waals surface area contributed by atoms with Crippen LogP contribution in [0, 0.1) is 5.92 Å². The Labute approximate surface area is 160 Å². The number of ether oxygens (including phenoxy) is 1. The Bertz CT molecular complexity index is 1040. The van der Waals surface area contributed by atoms with Crippen molar-refractivity contribution in [1.29, 1.82) is 0 Å². The monoisotopic (exact) mass is 381 g/mol. The van der Waals surface area contributed by atoms with Gasteiger partial charge in [-0.25, -0.2) is 0 Å². The fourth-order valence-electron chi connectivity index (χ4n) is 4.27. The number of hydrogen-bond acceptors (Lipinski definition) is 7. The highest BCUT2D eigenvalue weighted by Gasteiger charge is 2.40. The van der Waals surface area contributed by atoms with Crippen molar-refractivity contribution in [3.8, 4) is 17.2 Å². The van der Waals surface area contributed by atoms with Crippen LogP contribution in [-0.2, 0) is 17.6 Å². The summed E-state index contributed by atoms with van der Waals surface area (Å²) in [6, 6.07) is 3.94. The number of fused-ring (bicyclic) bond motifs is 3. The molecule has 0 bridgehead atoms. The molecule has 0 saturated carbocycles. The summed E-state index contributed by atoms with van der Waals surface area (Å²) in [5.74, 6) is -1.72. The molecule has 2 aromatic rings. The summed E-state index contributed by atoms with van der Waals surface area (Å²) in [7, 11) is 1.39. The van der Waals surface area contributed by atoms with Gasteiger partial charge in [-0.3, -0.25) is 9.59 Å². The first kappa shape index (κ1) is 18.2. The number of methoxy groups -OCH3 is 1. The van der Waals surface area contributed by atoms with Gasteiger partial charge in [-0.2, -0.15) is 0 Å². The van der Waals surface area contributed by atoms with Gasteiger partial charge in [-0.15, -0.1) is 0 Å². The maximum absolute atomic E-state index is 13.1. The molecule has 28 heavy (non-hydrogen) atoms. The molecule has 7 heteroatoms. The van der Waals surface area contributed by atoms with Gasteiger partial charge in [-0.1, -0.05) is 12.1 Å². The Morgan fingerprint density at radius 2 is 1.79 bits per heavy atom. The van der Waals surface area contributed by atoms with E-state index < -0.39 is 17.6 Å². The molecule has 2 atom stereocenters. The molecule has 0 spiro atoms. The Morgan fingerprint density at radius 1 is 1.11 bits per heavy atom. The van der Waals surface area contributed by atoms with Crippen LogP contribution in [0.25, 0.3) is 0 Å². The van der Waals surface area contributed by atoms with E-state index in [0.29, 0.717) is 30.3 Å². The number of ketones is 2. The van der Waals surface area contributed by atoms with E-state index >= 15 is 0 Å². The number of rotatable bonds is 3. The smallest absolute Gasteiger partial charge is 0.202 e. The molecule has 2 aromatic carbocycles. The van der Waals surface area contributed by atoms with Gasteiger partial charge in [0.1, 0.15) is 23.5 Å². The summed E-state index contributed by atoms with van der Waals surface area (Å²) < 4.78 is 5.22. The first-order chi connectivity index (χ1) is 13.4. The fourth-order valence-corrected chi connectivity index (χ4v) is 4.27. The third-order valence-electron chi connectivity index (χ3n) is 5.76. The van der Waals surface area contributed by atoms with E-state index in [0.717, 1.165) is 0 Å². The molecular formula is C21H19NO6. The van der Waals surface area contributed by atoms with Crippen LogP contribution < -0.4 is 10.5 Å². The minimum absolute atomic E-state index is 0.0776. The van der Waals surface area contributed by atoms with Crippen LogP contribution in [-0.4, -0.2) is 41.2 Å². The zero-order valence-electron chi connectivity index (χ0n) is 15.2. The Morgan fingerprint density at radius 3 is 2.46 bits per heavy atom. The number of aldehydes is 1. The maximum Gasteiger partial charge on any atom is 0.202 e. The number of nitrogens with two attached hydrogens (primary N) is 1. The number of phenolic OH excluding ortho intramolecular Hbond substituents is 2. The second-order valence-electron chi connectivity index (χ2n) is 7.16. The van der Waals surface area contributed by atoms with Crippen LogP contribution in [0.15, 0.2) is 18.2 Å². The number of hydrogen-bond donors (Lipinski definition) is 3. The molecule has 144 valence electrons. The molecule has 2 aliphatic carbocycles. The van der Waals surface area contributed by atoms with Gasteiger partial charge in [0, 0.05) is 16.7 Å². The van der Waals surface area contributed by atoms with Crippen molar-refractivity contribution in [3.63, 3.8) is 0 Å². The van der Waals surface area contributed by atoms with Crippen LogP contribution in [0.1, 0.15) is 49.4 Å². The number of phenols is 2. The third-order valence-corrected chi connectivity index (χ3v) is 5.76. The van der Waals surface area contributed by atoms with Crippen molar-refractivity contribution in [1.82, 2.24) is 0 Å². The van der Waals surface area contributed by atoms with Crippen LogP contribution in [0.4, 0.5) is 0 Å². The lowest BCUT2D eigenvalue weighted by atomic mass is 9.74. The third kappa shape index (κ3) is 2.36. The lowest BCUT2D eigenvalue weighted by molar-refractivity contribution is -0.110. The lowest BCUT2D eigenvalue weighted by Crippen LogP contribution is -2.35. The van der Waals surface area contributed by atoms with Gasteiger partial charge in [0.25, 0.3) is 0 Å². The van der Waals surface area contributed by atoms with E-state index in [1.807, 2.05) is 0 Å². The molecule has 0 heterocycles. The van der Waals surface area contributed by atoms with Crippen molar-refractivity contribution in [2.75, 3.05) is 7.11 Å². The highest BCUT2D eigenvalue weighted by molar-refractivity contribution is 6.31. The summed E-state index contributed by atoms with van der Waals surface area (Å²) in [4.78, 5) is 37.3. The molecule has 0 fully saturated rings. The first-order valence-electron chi connectivity index (χ1n) is 8.97. The minimum atomic E-state index is -0.701. The highest BCUT2D eigenvalue weighted by atomic mass is 16.5. The average molecular weight is 381 g/mol. The standard InChI is InChI=1S/C21H19NO6/c1-28-14-4-2-3-11-15(14)21(27)17-16(19(11)25)20(26)12-7-9(13(22)8-23)5-6-10(12)18(17)24/h2-4,8-9,13,24,26H,5-7,22H2,1H3. The molecule has 2 aliphatic rings. The summed E-state index contributed by atoms with van der Waals surface area (Å²) in [5.41, 5.74) is 6.41. The largest absolute Gasteiger partial charge is 0.507 e. The zero-order chi connectivity index (χ0) is 20.2. The molecule has 4 rings (SSSR count). The topological polar surface area (TPSA) is 127 Å². The maximum atomic E-state index is 13.1. The van der Waals surface area contributed by atoms with Crippen molar-refractivity contribution in [3.05, 3.63) is 51.6 Å². The summed E-state index contributed by atoms with van der Waals surface area (Å²) in [5, 5.41) is 21.7. The second kappa shape index (κ2) is 6.45. The fraction of sp³-hybridized carbons (Fsp3) is 0.286. The van der Waals surface area contributed by atoms with Crippen LogP contribution in [0.2, 0.25) is 0 Å². The Hall–Kier alpha value is -3.19. The Kier molecular flexibility index (Phi) is 4.19. The van der Waals surface area contributed by atoms with E-state index in [1.165, 1.54) is 13.2 Å². The highest BCUT2D eigenvalue weighted by Crippen LogP contribution is 2.47. The van der Waals surface area contributed by atoms with E-state index in [1.54, 1.807) is 12.1 Å². The molecule has 7 nitrogen and oxygen atoms in total. The summed E-state index contributed by atoms with van der Waals surface area (Å²) in [6.07, 6.45) is 1.77. The van der Waals surface area contributed by atoms with E-state index in [4.69, 9.17) is 10.5 Å². The van der Waals surface area contributed by atoms with Crippen LogP contribution in [0.3, 0.4) is 0 Å². The second-order valence-corrected chi connectivity index (χ2v) is 7.16. The number of benzene rings is 2. The average Bonchev–Trinajstić information content (AvgIpc) is 2.72. The molecule has 2 unspecified atom stereocenters. The molecule has 0 aliphatic heterocycles. The number of aromatic hydroxyl groups is 2. The van der Waals surface area contributed by atoms with E-state index in [-0.39, 0.29) is 51.8 Å². The number of carbonyl (C=O) groups excluding carboxylic acids is 3. The van der Waals surface area contributed by atoms with Crippen molar-refractivity contribution >= 4 is 17.9 Å². The summed E-state index contributed by atoms with van der Waals surface area (Å²) >= 11 is 0. The first-order valence-corrected chi connectivity index (χ1v) is 8.97. The van der Waals surface area contributed by atoms with Gasteiger partial charge >= 0.3 is 0 Å². The SMILES string of the molecule is COc1cccc2c1C(=O)c1c(O)c3c(c(O)c1C2=O)CC(C(N)C=O)CC3. The van der Waals surface area contributed by atoms with Gasteiger partial charge in [0.15, 0.2) is 5.78 Å². The summed E-state index contributed by atoms with van der Waals surface area (Å²) in [6.45, 7) is 0. The molecule has 4 N–H and O–H groups in total. The lowest BCUT2D eigenvalue weighted by Gasteiger charge is -2.31. The van der Waals surface area contributed by atoms with Gasteiger partial charge in [0.05, 0.1) is 29.8 Å². The Balaban J connectivity index is 1.95. The van der Waals surface area contributed by atoms with Gasteiger partial charge in [0.2, 0.25) is 5.78 Å². The molecule has 0 radical (unpaired) electrons. The van der Waals surface area contributed by atoms with Gasteiger partial charge in [-0.05, 0) is 31.2 Å². The predicted molar refractivity (Wildman–Crippen MR) is 99.2 cm³/mol. The minimum Gasteiger partial charge on any atom is -0.507 e. The van der Waals surface area contributed by atoms with Crippen LogP contribution >= 0.6 is 0 Å².